The van der Waals surface area contributed by atoms with Gasteiger partial charge < -0.3 is 10.5 Å². The van der Waals surface area contributed by atoms with Crippen LogP contribution in [0.25, 0.3) is 0 Å². The van der Waals surface area contributed by atoms with Gasteiger partial charge in [0.2, 0.25) is 5.88 Å². The number of rotatable bonds is 5. The fourth-order valence-electron chi connectivity index (χ4n) is 1.73. The molecule has 7 heteroatoms. The van der Waals surface area contributed by atoms with E-state index < -0.39 is 0 Å². The fraction of sp³-hybridized carbons (Fsp3) is 0. The van der Waals surface area contributed by atoms with Crippen molar-refractivity contribution in [3.05, 3.63) is 61.2 Å². The summed E-state index contributed by atoms with van der Waals surface area (Å²) in [6.07, 6.45) is 4.61. The molecule has 0 aliphatic rings. The maximum atomic E-state index is 6.02. The van der Waals surface area contributed by atoms with Gasteiger partial charge in [0.05, 0.1) is 11.9 Å². The minimum absolute atomic E-state index is 0.264. The summed E-state index contributed by atoms with van der Waals surface area (Å²) in [5.74, 6) is 1.24. The van der Waals surface area contributed by atoms with Crippen LogP contribution in [-0.4, -0.2) is 15.0 Å². The van der Waals surface area contributed by atoms with E-state index in [1.54, 1.807) is 24.5 Å². The number of pyridine rings is 1. The Labute approximate surface area is 127 Å². The molecule has 7 nitrogen and oxygen atoms in total. The third kappa shape index (κ3) is 3.21. The van der Waals surface area contributed by atoms with Gasteiger partial charge in [-0.25, -0.2) is 4.98 Å². The Bertz CT molecular complexity index is 736. The van der Waals surface area contributed by atoms with E-state index in [1.807, 2.05) is 30.3 Å². The van der Waals surface area contributed by atoms with Gasteiger partial charge in [0.25, 0.3) is 0 Å². The Morgan fingerprint density at radius 1 is 0.955 bits per heavy atom. The van der Waals surface area contributed by atoms with Gasteiger partial charge in [-0.05, 0) is 24.3 Å². The Kier molecular flexibility index (Phi) is 3.96. The van der Waals surface area contributed by atoms with Crippen LogP contribution in [0, 0.1) is 0 Å². The van der Waals surface area contributed by atoms with Crippen molar-refractivity contribution >= 4 is 17.2 Å². The quantitative estimate of drug-likeness (QED) is 0.622. The summed E-state index contributed by atoms with van der Waals surface area (Å²) in [5, 5.41) is 0. The largest absolute Gasteiger partial charge is 0.435 e. The molecule has 0 saturated carbocycles. The molecular weight excluding hydrogens is 280 g/mol. The first-order valence-electron chi connectivity index (χ1n) is 6.58. The zero-order valence-electron chi connectivity index (χ0n) is 11.6. The molecule has 110 valence electrons. The van der Waals surface area contributed by atoms with Crippen molar-refractivity contribution in [3.63, 3.8) is 0 Å². The van der Waals surface area contributed by atoms with Gasteiger partial charge in [-0.15, -0.1) is 0 Å². The molecule has 0 atom stereocenters. The van der Waals surface area contributed by atoms with E-state index in [2.05, 4.69) is 25.8 Å². The molecular formula is C15H14N6O. The van der Waals surface area contributed by atoms with E-state index >= 15 is 0 Å². The van der Waals surface area contributed by atoms with Crippen molar-refractivity contribution in [2.75, 3.05) is 16.6 Å². The molecule has 2 aromatic heterocycles. The van der Waals surface area contributed by atoms with Crippen LogP contribution in [0.1, 0.15) is 0 Å². The zero-order chi connectivity index (χ0) is 15.2. The summed E-state index contributed by atoms with van der Waals surface area (Å²) >= 11 is 0. The molecule has 0 amide bonds. The van der Waals surface area contributed by atoms with Crippen LogP contribution in [0.2, 0.25) is 0 Å². The highest BCUT2D eigenvalue weighted by molar-refractivity contribution is 5.68. The van der Waals surface area contributed by atoms with Crippen LogP contribution in [0.4, 0.5) is 17.2 Å². The number of anilines is 3. The third-order valence-corrected chi connectivity index (χ3v) is 2.80. The SMILES string of the molecule is Nc1c(NNc2ccccc2)ncnc1Oc1cccnc1. The Morgan fingerprint density at radius 3 is 2.59 bits per heavy atom. The molecule has 0 fully saturated rings. The first-order valence-corrected chi connectivity index (χ1v) is 6.58. The predicted molar refractivity (Wildman–Crippen MR) is 84.4 cm³/mol. The van der Waals surface area contributed by atoms with E-state index in [0.717, 1.165) is 5.69 Å². The van der Waals surface area contributed by atoms with E-state index in [4.69, 9.17) is 10.5 Å². The number of nitrogen functional groups attached to an aromatic ring is 1. The number of benzene rings is 1. The molecule has 22 heavy (non-hydrogen) atoms. The van der Waals surface area contributed by atoms with Gasteiger partial charge in [0, 0.05) is 6.20 Å². The van der Waals surface area contributed by atoms with Gasteiger partial charge >= 0.3 is 0 Å². The van der Waals surface area contributed by atoms with Crippen LogP contribution in [-0.2, 0) is 0 Å². The van der Waals surface area contributed by atoms with Crippen molar-refractivity contribution in [2.45, 2.75) is 0 Å². The number of nitrogens with one attached hydrogen (secondary N) is 2. The standard InChI is InChI=1S/C15H14N6O/c16-13-14(21-20-11-5-2-1-3-6-11)18-10-19-15(13)22-12-7-4-8-17-9-12/h1-10,20H,16H2,(H,18,19,21). The molecule has 3 rings (SSSR count). The highest BCUT2D eigenvalue weighted by Crippen LogP contribution is 2.28. The summed E-state index contributed by atoms with van der Waals surface area (Å²) < 4.78 is 5.60. The molecule has 0 radical (unpaired) electrons. The van der Waals surface area contributed by atoms with Crippen LogP contribution in [0.15, 0.2) is 61.2 Å². The minimum Gasteiger partial charge on any atom is -0.435 e. The lowest BCUT2D eigenvalue weighted by molar-refractivity contribution is 0.462. The van der Waals surface area contributed by atoms with Crippen molar-refractivity contribution in [2.24, 2.45) is 0 Å². The molecule has 0 aliphatic heterocycles. The topological polar surface area (TPSA) is 98.0 Å². The van der Waals surface area contributed by atoms with Crippen LogP contribution < -0.4 is 21.3 Å². The maximum Gasteiger partial charge on any atom is 0.248 e. The molecule has 0 aliphatic carbocycles. The first kappa shape index (κ1) is 13.6. The van der Waals surface area contributed by atoms with Crippen molar-refractivity contribution in [3.8, 4) is 11.6 Å². The summed E-state index contributed by atoms with van der Waals surface area (Å²) in [7, 11) is 0. The molecule has 0 bridgehead atoms. The van der Waals surface area contributed by atoms with Gasteiger partial charge in [0.15, 0.2) is 5.82 Å². The van der Waals surface area contributed by atoms with Crippen molar-refractivity contribution < 1.29 is 4.74 Å². The summed E-state index contributed by atoms with van der Waals surface area (Å²) in [5.41, 5.74) is 13.1. The molecule has 4 N–H and O–H groups in total. The molecule has 0 saturated heterocycles. The maximum absolute atomic E-state index is 6.02. The molecule has 0 spiro atoms. The number of aromatic nitrogens is 3. The van der Waals surface area contributed by atoms with E-state index in [1.165, 1.54) is 6.33 Å². The Hall–Kier alpha value is -3.35. The average Bonchev–Trinajstić information content (AvgIpc) is 2.58. The monoisotopic (exact) mass is 294 g/mol. The number of hydrazine groups is 1. The second-order valence-corrected chi connectivity index (χ2v) is 4.35. The highest BCUT2D eigenvalue weighted by atomic mass is 16.5. The Morgan fingerprint density at radius 2 is 1.82 bits per heavy atom. The first-order chi connectivity index (χ1) is 10.8. The van der Waals surface area contributed by atoms with Gasteiger partial charge in [-0.2, -0.15) is 4.98 Å². The molecule has 2 heterocycles. The highest BCUT2D eigenvalue weighted by Gasteiger charge is 2.10. The number of hydrogen-bond acceptors (Lipinski definition) is 7. The summed E-state index contributed by atoms with van der Waals surface area (Å²) in [4.78, 5) is 12.1. The lowest BCUT2D eigenvalue weighted by Crippen LogP contribution is -2.12. The van der Waals surface area contributed by atoms with Crippen LogP contribution in [0.5, 0.6) is 11.6 Å². The predicted octanol–water partition coefficient (Wildman–Crippen LogP) is 2.69. The number of nitrogens with two attached hydrogens (primary N) is 1. The number of nitrogens with zero attached hydrogens (tertiary/aromatic N) is 3. The molecule has 0 unspecified atom stereocenters. The van der Waals surface area contributed by atoms with E-state index in [0.29, 0.717) is 17.3 Å². The molecule has 1 aromatic carbocycles. The number of ether oxygens (including phenoxy) is 1. The van der Waals surface area contributed by atoms with Gasteiger partial charge in [-0.1, -0.05) is 18.2 Å². The van der Waals surface area contributed by atoms with Gasteiger partial charge in [0.1, 0.15) is 17.8 Å². The number of hydrogen-bond donors (Lipinski definition) is 3. The second kappa shape index (κ2) is 6.40. The smallest absolute Gasteiger partial charge is 0.248 e. The van der Waals surface area contributed by atoms with Crippen LogP contribution >= 0.6 is 0 Å². The zero-order valence-corrected chi connectivity index (χ0v) is 11.6. The summed E-state index contributed by atoms with van der Waals surface area (Å²) in [6.45, 7) is 0. The lowest BCUT2D eigenvalue weighted by Gasteiger charge is -2.12. The van der Waals surface area contributed by atoms with Crippen molar-refractivity contribution in [1.29, 1.82) is 0 Å². The minimum atomic E-state index is 0.264. The molecule has 3 aromatic rings. The van der Waals surface area contributed by atoms with Crippen molar-refractivity contribution in [1.82, 2.24) is 15.0 Å². The lowest BCUT2D eigenvalue weighted by atomic mass is 10.3. The third-order valence-electron chi connectivity index (χ3n) is 2.80. The summed E-state index contributed by atoms with van der Waals surface area (Å²) in [6, 6.07) is 13.1. The average molecular weight is 294 g/mol. The normalized spacial score (nSPS) is 10.0. The van der Waals surface area contributed by atoms with Gasteiger partial charge in [-0.3, -0.25) is 15.8 Å². The Balaban J connectivity index is 1.74. The second-order valence-electron chi connectivity index (χ2n) is 4.35. The van der Waals surface area contributed by atoms with E-state index in [-0.39, 0.29) is 5.88 Å². The van der Waals surface area contributed by atoms with Crippen LogP contribution in [0.3, 0.4) is 0 Å². The fourth-order valence-corrected chi connectivity index (χ4v) is 1.73. The number of para-hydroxylation sites is 1. The van der Waals surface area contributed by atoms with E-state index in [9.17, 15) is 0 Å².